The second-order valence-electron chi connectivity index (χ2n) is 5.79. The van der Waals surface area contributed by atoms with E-state index < -0.39 is 4.92 Å². The van der Waals surface area contributed by atoms with E-state index in [2.05, 4.69) is 10.2 Å². The molecule has 0 atom stereocenters. The first kappa shape index (κ1) is 19.7. The Bertz CT molecular complexity index is 897. The zero-order valence-electron chi connectivity index (χ0n) is 15.2. The van der Waals surface area contributed by atoms with Crippen molar-refractivity contribution in [1.29, 1.82) is 0 Å². The van der Waals surface area contributed by atoms with Gasteiger partial charge in [0.25, 0.3) is 10.9 Å². The van der Waals surface area contributed by atoms with Gasteiger partial charge in [-0.1, -0.05) is 23.9 Å². The molecule has 0 fully saturated rings. The van der Waals surface area contributed by atoms with Crippen LogP contribution in [0.4, 0.5) is 5.69 Å². The van der Waals surface area contributed by atoms with E-state index in [1.54, 1.807) is 19.2 Å². The van der Waals surface area contributed by atoms with Crippen molar-refractivity contribution in [3.63, 3.8) is 0 Å². The summed E-state index contributed by atoms with van der Waals surface area (Å²) in [5.41, 5.74) is 1.11. The molecule has 1 heterocycles. The second kappa shape index (κ2) is 9.75. The van der Waals surface area contributed by atoms with Gasteiger partial charge in [-0.3, -0.25) is 10.1 Å². The molecule has 0 aliphatic rings. The van der Waals surface area contributed by atoms with Gasteiger partial charge in [0.1, 0.15) is 11.5 Å². The van der Waals surface area contributed by atoms with Crippen LogP contribution in [0.3, 0.4) is 0 Å². The maximum atomic E-state index is 10.6. The minimum atomic E-state index is -0.437. The number of non-ortho nitro benzene ring substituents is 1. The first-order valence-electron chi connectivity index (χ1n) is 8.59. The van der Waals surface area contributed by atoms with Crippen LogP contribution in [0.25, 0.3) is 0 Å². The molecule has 3 rings (SSSR count). The summed E-state index contributed by atoms with van der Waals surface area (Å²) in [5.74, 6) is 2.74. The highest BCUT2D eigenvalue weighted by Crippen LogP contribution is 2.21. The molecule has 0 radical (unpaired) electrons. The third-order valence-corrected chi connectivity index (χ3v) is 4.70. The van der Waals surface area contributed by atoms with Crippen molar-refractivity contribution in [2.24, 2.45) is 0 Å². The molecule has 0 aliphatic carbocycles. The van der Waals surface area contributed by atoms with Crippen molar-refractivity contribution in [3.8, 4) is 11.5 Å². The van der Waals surface area contributed by atoms with Gasteiger partial charge in [-0.25, -0.2) is 0 Å². The Morgan fingerprint density at radius 2 is 1.79 bits per heavy atom. The van der Waals surface area contributed by atoms with Crippen molar-refractivity contribution in [3.05, 3.63) is 70.1 Å². The van der Waals surface area contributed by atoms with Gasteiger partial charge in [0, 0.05) is 17.9 Å². The Kier molecular flexibility index (Phi) is 6.85. The summed E-state index contributed by atoms with van der Waals surface area (Å²) in [4.78, 5) is 10.2. The van der Waals surface area contributed by atoms with Crippen LogP contribution in [0.1, 0.15) is 17.9 Å². The van der Waals surface area contributed by atoms with Crippen LogP contribution in [0, 0.1) is 10.1 Å². The topological polar surface area (TPSA) is 101 Å². The highest BCUT2D eigenvalue weighted by molar-refractivity contribution is 7.99. The van der Waals surface area contributed by atoms with E-state index >= 15 is 0 Å². The van der Waals surface area contributed by atoms with E-state index in [0.717, 1.165) is 23.5 Å². The zero-order chi connectivity index (χ0) is 19.8. The number of nitro groups is 1. The molecule has 0 unspecified atom stereocenters. The minimum Gasteiger partial charge on any atom is -0.497 e. The zero-order valence-corrected chi connectivity index (χ0v) is 16.1. The predicted octanol–water partition coefficient (Wildman–Crippen LogP) is 4.14. The lowest BCUT2D eigenvalue weighted by molar-refractivity contribution is -0.384. The molecule has 0 saturated heterocycles. The van der Waals surface area contributed by atoms with Gasteiger partial charge >= 0.3 is 0 Å². The van der Waals surface area contributed by atoms with Crippen molar-refractivity contribution in [1.82, 2.24) is 10.2 Å². The molecule has 0 bridgehead atoms. The molecule has 3 aromatic rings. The summed E-state index contributed by atoms with van der Waals surface area (Å²) in [6.45, 7) is 0.498. The highest BCUT2D eigenvalue weighted by atomic mass is 32.2. The fraction of sp³-hybridized carbons (Fsp3) is 0.263. The fourth-order valence-electron chi connectivity index (χ4n) is 2.36. The van der Waals surface area contributed by atoms with Gasteiger partial charge in [-0.2, -0.15) is 0 Å². The molecule has 0 saturated carbocycles. The van der Waals surface area contributed by atoms with Crippen LogP contribution in [0.5, 0.6) is 11.5 Å². The Labute approximate surface area is 166 Å². The number of methoxy groups -OCH3 is 1. The number of benzene rings is 2. The monoisotopic (exact) mass is 401 g/mol. The van der Waals surface area contributed by atoms with Crippen LogP contribution in [-0.2, 0) is 6.42 Å². The molecular formula is C19H19N3O5S. The minimum absolute atomic E-state index is 0.0461. The standard InChI is InChI=1S/C19H19N3O5S/c1-25-16-7-3-14(4-8-16)13-18-20-21-19(27-18)28-12-2-11-26-17-9-5-15(6-10-17)22(23)24/h3-10H,2,11-13H2,1H3. The Hall–Kier alpha value is -3.07. The van der Waals surface area contributed by atoms with Crippen LogP contribution in [-0.4, -0.2) is 34.6 Å². The van der Waals surface area contributed by atoms with Gasteiger partial charge < -0.3 is 13.9 Å². The number of ether oxygens (including phenoxy) is 2. The molecule has 0 N–H and O–H groups in total. The van der Waals surface area contributed by atoms with Crippen LogP contribution in [0.2, 0.25) is 0 Å². The van der Waals surface area contributed by atoms with Gasteiger partial charge in [-0.05, 0) is 36.2 Å². The van der Waals surface area contributed by atoms with Crippen molar-refractivity contribution in [2.45, 2.75) is 18.1 Å². The van der Waals surface area contributed by atoms with Crippen LogP contribution >= 0.6 is 11.8 Å². The number of rotatable bonds is 10. The smallest absolute Gasteiger partial charge is 0.276 e. The normalized spacial score (nSPS) is 10.6. The Morgan fingerprint density at radius 1 is 1.07 bits per heavy atom. The third-order valence-electron chi connectivity index (χ3n) is 3.79. The summed E-state index contributed by atoms with van der Waals surface area (Å²) in [6.07, 6.45) is 1.35. The van der Waals surface area contributed by atoms with Crippen LogP contribution in [0.15, 0.2) is 58.2 Å². The molecule has 2 aromatic carbocycles. The van der Waals surface area contributed by atoms with E-state index in [1.165, 1.54) is 23.9 Å². The molecule has 146 valence electrons. The van der Waals surface area contributed by atoms with Gasteiger partial charge in [0.2, 0.25) is 5.89 Å². The number of thioether (sulfide) groups is 1. The average molecular weight is 401 g/mol. The molecule has 0 amide bonds. The highest BCUT2D eigenvalue weighted by Gasteiger charge is 2.08. The summed E-state index contributed by atoms with van der Waals surface area (Å²) >= 11 is 1.47. The maximum absolute atomic E-state index is 10.6. The van der Waals surface area contributed by atoms with Gasteiger partial charge in [0.05, 0.1) is 25.1 Å². The SMILES string of the molecule is COc1ccc(Cc2nnc(SCCCOc3ccc([N+](=O)[O-])cc3)o2)cc1. The van der Waals surface area contributed by atoms with Crippen molar-refractivity contribution in [2.75, 3.05) is 19.5 Å². The molecule has 1 aromatic heterocycles. The van der Waals surface area contributed by atoms with E-state index in [4.69, 9.17) is 13.9 Å². The Balaban J connectivity index is 1.37. The lowest BCUT2D eigenvalue weighted by atomic mass is 10.1. The average Bonchev–Trinajstić information content (AvgIpc) is 3.16. The molecular weight excluding hydrogens is 382 g/mol. The third kappa shape index (κ3) is 5.71. The Morgan fingerprint density at radius 3 is 2.46 bits per heavy atom. The number of nitrogens with zero attached hydrogens (tertiary/aromatic N) is 3. The largest absolute Gasteiger partial charge is 0.497 e. The van der Waals surface area contributed by atoms with E-state index in [0.29, 0.717) is 29.9 Å². The lowest BCUT2D eigenvalue weighted by Gasteiger charge is -2.04. The molecule has 8 nitrogen and oxygen atoms in total. The number of hydrogen-bond acceptors (Lipinski definition) is 8. The van der Waals surface area contributed by atoms with E-state index in [9.17, 15) is 10.1 Å². The number of aromatic nitrogens is 2. The quantitative estimate of drug-likeness (QED) is 0.216. The summed E-state index contributed by atoms with van der Waals surface area (Å²) in [7, 11) is 1.63. The molecule has 0 spiro atoms. The first-order chi connectivity index (χ1) is 13.6. The summed E-state index contributed by atoms with van der Waals surface area (Å²) in [5, 5.41) is 19.3. The predicted molar refractivity (Wildman–Crippen MR) is 104 cm³/mol. The lowest BCUT2D eigenvalue weighted by Crippen LogP contribution is -1.98. The summed E-state index contributed by atoms with van der Waals surface area (Å²) in [6, 6.07) is 13.7. The maximum Gasteiger partial charge on any atom is 0.276 e. The molecule has 28 heavy (non-hydrogen) atoms. The van der Waals surface area contributed by atoms with Crippen molar-refractivity contribution < 1.29 is 18.8 Å². The number of nitro benzene ring substituents is 1. The van der Waals surface area contributed by atoms with E-state index in [1.807, 2.05) is 24.3 Å². The second-order valence-corrected chi connectivity index (χ2v) is 6.83. The summed E-state index contributed by atoms with van der Waals surface area (Å²) < 4.78 is 16.4. The molecule has 9 heteroatoms. The van der Waals surface area contributed by atoms with Gasteiger partial charge in [0.15, 0.2) is 0 Å². The van der Waals surface area contributed by atoms with Gasteiger partial charge in [-0.15, -0.1) is 10.2 Å². The number of hydrogen-bond donors (Lipinski definition) is 0. The van der Waals surface area contributed by atoms with Crippen molar-refractivity contribution >= 4 is 17.4 Å². The van der Waals surface area contributed by atoms with Crippen LogP contribution < -0.4 is 9.47 Å². The van der Waals surface area contributed by atoms with E-state index in [-0.39, 0.29) is 5.69 Å². The molecule has 0 aliphatic heterocycles. The fourth-order valence-corrected chi connectivity index (χ4v) is 3.05. The first-order valence-corrected chi connectivity index (χ1v) is 9.58.